The van der Waals surface area contributed by atoms with Crippen LogP contribution < -0.4 is 10.2 Å². The largest absolute Gasteiger partial charge is 0.357 e. The molecule has 2 aliphatic heterocycles. The molecule has 1 aromatic heterocycles. The number of anilines is 1. The van der Waals surface area contributed by atoms with Gasteiger partial charge in [-0.2, -0.15) is 0 Å². The molecule has 8 heteroatoms. The highest BCUT2D eigenvalue weighted by atomic mass is 32.2. The molecule has 0 amide bonds. The number of nitrogens with zero attached hydrogens (tertiary/aromatic N) is 4. The van der Waals surface area contributed by atoms with Gasteiger partial charge in [0.15, 0.2) is 15.8 Å². The lowest BCUT2D eigenvalue weighted by Gasteiger charge is -2.39. The SMILES string of the molecule is CCNC(=NCc1ccc(N2CCC(C)CC2)nc1)N1CCS(=O)(=O)C(C)(C)C1. The van der Waals surface area contributed by atoms with E-state index in [9.17, 15) is 8.42 Å². The number of nitrogens with one attached hydrogen (secondary N) is 1. The van der Waals surface area contributed by atoms with E-state index in [1.807, 2.05) is 13.1 Å². The van der Waals surface area contributed by atoms with Crippen molar-refractivity contribution in [2.24, 2.45) is 10.9 Å². The molecule has 0 unspecified atom stereocenters. The summed E-state index contributed by atoms with van der Waals surface area (Å²) >= 11 is 0. The molecule has 0 saturated carbocycles. The molecule has 0 bridgehead atoms. The number of rotatable bonds is 4. The Morgan fingerprint density at radius 3 is 2.59 bits per heavy atom. The molecule has 1 N–H and O–H groups in total. The Balaban J connectivity index is 1.66. The molecule has 2 aliphatic rings. The first-order chi connectivity index (χ1) is 13.7. The van der Waals surface area contributed by atoms with E-state index in [4.69, 9.17) is 4.99 Å². The van der Waals surface area contributed by atoms with Crippen molar-refractivity contribution >= 4 is 21.6 Å². The van der Waals surface area contributed by atoms with Crippen molar-refractivity contribution in [3.8, 4) is 0 Å². The van der Waals surface area contributed by atoms with Gasteiger partial charge in [-0.05, 0) is 51.2 Å². The van der Waals surface area contributed by atoms with Crippen molar-refractivity contribution in [3.63, 3.8) is 0 Å². The summed E-state index contributed by atoms with van der Waals surface area (Å²) in [7, 11) is -3.07. The van der Waals surface area contributed by atoms with Crippen LogP contribution in [0.1, 0.15) is 46.1 Å². The highest BCUT2D eigenvalue weighted by Crippen LogP contribution is 2.24. The smallest absolute Gasteiger partial charge is 0.194 e. The fourth-order valence-corrected chi connectivity index (χ4v) is 5.22. The van der Waals surface area contributed by atoms with Gasteiger partial charge >= 0.3 is 0 Å². The minimum atomic E-state index is -3.07. The maximum absolute atomic E-state index is 12.3. The van der Waals surface area contributed by atoms with Gasteiger partial charge in [-0.3, -0.25) is 0 Å². The lowest BCUT2D eigenvalue weighted by atomic mass is 9.99. The van der Waals surface area contributed by atoms with Crippen LogP contribution >= 0.6 is 0 Å². The number of aliphatic imine (C=N–C) groups is 1. The van der Waals surface area contributed by atoms with Crippen molar-refractivity contribution in [1.29, 1.82) is 0 Å². The van der Waals surface area contributed by atoms with Gasteiger partial charge in [0.05, 0.1) is 17.0 Å². The summed E-state index contributed by atoms with van der Waals surface area (Å²) in [6.45, 7) is 12.3. The molecule has 2 fully saturated rings. The molecule has 0 atom stereocenters. The zero-order valence-corrected chi connectivity index (χ0v) is 19.0. The third-order valence-corrected chi connectivity index (χ3v) is 8.54. The second-order valence-corrected chi connectivity index (χ2v) is 11.6. The quantitative estimate of drug-likeness (QED) is 0.594. The lowest BCUT2D eigenvalue weighted by molar-refractivity contribution is 0.353. The molecular weight excluding hydrogens is 386 g/mol. The van der Waals surface area contributed by atoms with Crippen LogP contribution in [0.5, 0.6) is 0 Å². The fraction of sp³-hybridized carbons (Fsp3) is 0.714. The zero-order valence-electron chi connectivity index (χ0n) is 18.2. The molecule has 0 aromatic carbocycles. The number of pyridine rings is 1. The van der Waals surface area contributed by atoms with E-state index in [2.05, 4.69) is 39.2 Å². The number of guanidine groups is 1. The van der Waals surface area contributed by atoms with Gasteiger partial charge in [0.1, 0.15) is 5.82 Å². The summed E-state index contributed by atoms with van der Waals surface area (Å²) in [6.07, 6.45) is 4.36. The minimum Gasteiger partial charge on any atom is -0.357 e. The Morgan fingerprint density at radius 2 is 2.00 bits per heavy atom. The summed E-state index contributed by atoms with van der Waals surface area (Å²) < 4.78 is 23.8. The molecule has 29 heavy (non-hydrogen) atoms. The summed E-state index contributed by atoms with van der Waals surface area (Å²) in [4.78, 5) is 13.8. The van der Waals surface area contributed by atoms with Crippen LogP contribution in [0.25, 0.3) is 0 Å². The summed E-state index contributed by atoms with van der Waals surface area (Å²) in [5, 5.41) is 3.31. The number of piperidine rings is 1. The Morgan fingerprint density at radius 1 is 1.28 bits per heavy atom. The Bertz CT molecular complexity index is 812. The van der Waals surface area contributed by atoms with Crippen molar-refractivity contribution < 1.29 is 8.42 Å². The van der Waals surface area contributed by atoms with Crippen molar-refractivity contribution in [3.05, 3.63) is 23.9 Å². The second-order valence-electron chi connectivity index (χ2n) is 8.86. The molecule has 0 aliphatic carbocycles. The van der Waals surface area contributed by atoms with E-state index in [-0.39, 0.29) is 5.75 Å². The number of sulfone groups is 1. The van der Waals surface area contributed by atoms with Crippen molar-refractivity contribution in [2.45, 2.75) is 51.8 Å². The molecule has 0 spiro atoms. The molecule has 0 radical (unpaired) electrons. The highest BCUT2D eigenvalue weighted by Gasteiger charge is 2.40. The lowest BCUT2D eigenvalue weighted by Crippen LogP contribution is -2.57. The van der Waals surface area contributed by atoms with Crippen LogP contribution in [0.15, 0.2) is 23.3 Å². The third kappa shape index (κ3) is 5.21. The predicted octanol–water partition coefficient (Wildman–Crippen LogP) is 2.29. The summed E-state index contributed by atoms with van der Waals surface area (Å²) in [6, 6.07) is 4.18. The second kappa shape index (κ2) is 8.90. The minimum absolute atomic E-state index is 0.162. The van der Waals surface area contributed by atoms with E-state index in [0.717, 1.165) is 42.9 Å². The van der Waals surface area contributed by atoms with Gasteiger partial charge in [-0.15, -0.1) is 0 Å². The average Bonchev–Trinajstić information content (AvgIpc) is 2.68. The first-order valence-corrected chi connectivity index (χ1v) is 12.3. The van der Waals surface area contributed by atoms with E-state index in [1.165, 1.54) is 12.8 Å². The van der Waals surface area contributed by atoms with E-state index in [1.54, 1.807) is 13.8 Å². The van der Waals surface area contributed by atoms with E-state index < -0.39 is 14.6 Å². The average molecular weight is 422 g/mol. The summed E-state index contributed by atoms with van der Waals surface area (Å²) in [5.74, 6) is 2.78. The fourth-order valence-electron chi connectivity index (χ4n) is 3.85. The predicted molar refractivity (Wildman–Crippen MR) is 119 cm³/mol. The molecule has 3 rings (SSSR count). The molecule has 1 aromatic rings. The number of hydrogen-bond donors (Lipinski definition) is 1. The van der Waals surface area contributed by atoms with Crippen molar-refractivity contribution in [1.82, 2.24) is 15.2 Å². The van der Waals surface area contributed by atoms with E-state index in [0.29, 0.717) is 19.6 Å². The maximum atomic E-state index is 12.3. The molecule has 3 heterocycles. The Kier molecular flexibility index (Phi) is 6.71. The van der Waals surface area contributed by atoms with Crippen molar-refractivity contribution in [2.75, 3.05) is 43.4 Å². The molecular formula is C21H35N5O2S. The molecule has 162 valence electrons. The summed E-state index contributed by atoms with van der Waals surface area (Å²) in [5.41, 5.74) is 1.05. The Hall–Kier alpha value is -1.83. The van der Waals surface area contributed by atoms with Crippen LogP contribution in [0.2, 0.25) is 0 Å². The number of aromatic nitrogens is 1. The molecule has 7 nitrogen and oxygen atoms in total. The third-order valence-electron chi connectivity index (χ3n) is 6.01. The highest BCUT2D eigenvalue weighted by molar-refractivity contribution is 7.92. The topological polar surface area (TPSA) is 77.9 Å². The normalized spacial score (nSPS) is 22.6. The molecule has 2 saturated heterocycles. The first kappa shape index (κ1) is 21.9. The van der Waals surface area contributed by atoms with Crippen LogP contribution in [0.3, 0.4) is 0 Å². The monoisotopic (exact) mass is 421 g/mol. The van der Waals surface area contributed by atoms with Gasteiger partial charge in [-0.1, -0.05) is 13.0 Å². The van der Waals surface area contributed by atoms with E-state index >= 15 is 0 Å². The van der Waals surface area contributed by atoms with Gasteiger partial charge in [0.25, 0.3) is 0 Å². The number of hydrogen-bond acceptors (Lipinski definition) is 5. The van der Waals surface area contributed by atoms with Crippen LogP contribution in [-0.4, -0.2) is 67.5 Å². The van der Waals surface area contributed by atoms with Crippen LogP contribution in [-0.2, 0) is 16.4 Å². The van der Waals surface area contributed by atoms with Crippen LogP contribution in [0, 0.1) is 5.92 Å². The van der Waals surface area contributed by atoms with Gasteiger partial charge in [0.2, 0.25) is 0 Å². The maximum Gasteiger partial charge on any atom is 0.194 e. The zero-order chi connectivity index (χ0) is 21.1. The standard InChI is InChI=1S/C21H35N5O2S/c1-5-22-20(26-12-13-29(27,28)21(3,4)16-26)24-15-18-6-7-19(23-14-18)25-10-8-17(2)9-11-25/h6-7,14,17H,5,8-13,15-16H2,1-4H3,(H,22,24). The van der Waals surface area contributed by atoms with Gasteiger partial charge in [0, 0.05) is 38.9 Å². The Labute approximate surface area is 175 Å². The van der Waals surface area contributed by atoms with Gasteiger partial charge < -0.3 is 15.1 Å². The van der Waals surface area contributed by atoms with Gasteiger partial charge in [-0.25, -0.2) is 18.4 Å². The van der Waals surface area contributed by atoms with Crippen LogP contribution in [0.4, 0.5) is 5.82 Å². The first-order valence-electron chi connectivity index (χ1n) is 10.7.